The fourth-order valence-corrected chi connectivity index (χ4v) is 7.87. The largest absolute Gasteiger partial charge is 0.494 e. The highest BCUT2D eigenvalue weighted by molar-refractivity contribution is 6.74. The molecule has 1 saturated heterocycles. The molecule has 0 aliphatic carbocycles. The number of hydrogen-bond donors (Lipinski definition) is 0. The zero-order valence-corrected chi connectivity index (χ0v) is 33.1. The summed E-state index contributed by atoms with van der Waals surface area (Å²) in [6, 6.07) is 14.1. The molecule has 0 aromatic heterocycles. The lowest BCUT2D eigenvalue weighted by atomic mass is 9.90. The van der Waals surface area contributed by atoms with Crippen molar-refractivity contribution in [1.29, 1.82) is 0 Å². The molecule has 0 unspecified atom stereocenters. The molecule has 0 amide bonds. The van der Waals surface area contributed by atoms with Gasteiger partial charge in [0.2, 0.25) is 0 Å². The lowest BCUT2D eigenvalue weighted by Crippen LogP contribution is -2.63. The van der Waals surface area contributed by atoms with E-state index in [-0.39, 0.29) is 10.1 Å². The zero-order chi connectivity index (χ0) is 34.5. The molecule has 5 atom stereocenters. The minimum absolute atomic E-state index is 0.0574. The molecular weight excluding hydrogens is 632 g/mol. The molecule has 2 aromatic carbocycles. The number of carbonyl (C=O) groups excluding carboxylic acids is 1. The summed E-state index contributed by atoms with van der Waals surface area (Å²) in [5.41, 5.74) is 3.01. The third-order valence-corrected chi connectivity index (χ3v) is 19.3. The van der Waals surface area contributed by atoms with Gasteiger partial charge in [0.05, 0.1) is 6.61 Å². The van der Waals surface area contributed by atoms with Gasteiger partial charge in [-0.1, -0.05) is 90.8 Å². The summed E-state index contributed by atoms with van der Waals surface area (Å²) in [4.78, 5) is 12.8. The van der Waals surface area contributed by atoms with Crippen LogP contribution in [-0.4, -0.2) is 60.6 Å². The van der Waals surface area contributed by atoms with Crippen molar-refractivity contribution >= 4 is 34.5 Å². The smallest absolute Gasteiger partial charge is 0.192 e. The van der Waals surface area contributed by atoms with Gasteiger partial charge in [-0.25, -0.2) is 0 Å². The molecule has 1 aliphatic rings. The van der Waals surface area contributed by atoms with Gasteiger partial charge < -0.3 is 27.9 Å². The van der Waals surface area contributed by atoms with Crippen molar-refractivity contribution in [2.45, 2.75) is 141 Å². The van der Waals surface area contributed by atoms with Crippen LogP contribution < -0.4 is 4.74 Å². The third kappa shape index (κ3) is 9.55. The Morgan fingerprint density at radius 1 is 0.848 bits per heavy atom. The van der Waals surface area contributed by atoms with Gasteiger partial charge in [-0.05, 0) is 90.9 Å². The van der Waals surface area contributed by atoms with Crippen LogP contribution in [0.5, 0.6) is 5.75 Å². The molecule has 1 fully saturated rings. The second-order valence-corrected chi connectivity index (χ2v) is 25.6. The van der Waals surface area contributed by atoms with Crippen molar-refractivity contribution < 1.29 is 27.9 Å². The average molecular weight is 691 g/mol. The van der Waals surface area contributed by atoms with Crippen molar-refractivity contribution in [3.8, 4) is 5.75 Å². The van der Waals surface area contributed by atoms with Gasteiger partial charge >= 0.3 is 0 Å². The van der Waals surface area contributed by atoms with Crippen LogP contribution in [0.1, 0.15) is 91.0 Å². The lowest BCUT2D eigenvalue weighted by molar-refractivity contribution is -0.222. The summed E-state index contributed by atoms with van der Waals surface area (Å²) in [5, 5.41) is 0.563. The molecule has 6 nitrogen and oxygen atoms in total. The molecular formula is C37H59ClO6Si2. The van der Waals surface area contributed by atoms with E-state index in [1.807, 2.05) is 31.2 Å². The van der Waals surface area contributed by atoms with Gasteiger partial charge in [0.1, 0.15) is 36.3 Å². The molecule has 258 valence electrons. The topological polar surface area (TPSA) is 63.2 Å². The van der Waals surface area contributed by atoms with Gasteiger partial charge in [0.25, 0.3) is 0 Å². The Balaban J connectivity index is 2.15. The maximum Gasteiger partial charge on any atom is 0.192 e. The van der Waals surface area contributed by atoms with Crippen LogP contribution in [0.15, 0.2) is 42.5 Å². The van der Waals surface area contributed by atoms with Crippen LogP contribution in [0, 0.1) is 0 Å². The fraction of sp³-hybridized carbons (Fsp3) is 0.649. The molecule has 46 heavy (non-hydrogen) atoms. The normalized spacial score (nSPS) is 22.9. The van der Waals surface area contributed by atoms with Crippen molar-refractivity contribution in [3.05, 3.63) is 64.2 Å². The highest BCUT2D eigenvalue weighted by atomic mass is 35.5. The fourth-order valence-electron chi connectivity index (χ4n) is 5.10. The zero-order valence-electron chi connectivity index (χ0n) is 30.4. The summed E-state index contributed by atoms with van der Waals surface area (Å²) in [5.74, 6) is 0.843. The van der Waals surface area contributed by atoms with Crippen LogP contribution in [0.25, 0.3) is 0 Å². The number of carbonyl (C=O) groups is 1. The highest BCUT2D eigenvalue weighted by Crippen LogP contribution is 2.46. The molecule has 3 rings (SSSR count). The number of hydrogen-bond acceptors (Lipinski definition) is 6. The Morgan fingerprint density at radius 2 is 1.43 bits per heavy atom. The molecule has 0 spiro atoms. The van der Waals surface area contributed by atoms with E-state index in [1.54, 1.807) is 0 Å². The number of ether oxygens (including phenoxy) is 3. The first-order valence-corrected chi connectivity index (χ1v) is 23.1. The van der Waals surface area contributed by atoms with Crippen molar-refractivity contribution in [3.63, 3.8) is 0 Å². The minimum atomic E-state index is -2.35. The first-order chi connectivity index (χ1) is 21.3. The van der Waals surface area contributed by atoms with Crippen LogP contribution in [0.2, 0.25) is 41.3 Å². The summed E-state index contributed by atoms with van der Waals surface area (Å²) in [7, 11) is -4.70. The van der Waals surface area contributed by atoms with E-state index in [0.29, 0.717) is 24.7 Å². The van der Waals surface area contributed by atoms with Gasteiger partial charge in [0, 0.05) is 11.6 Å². The molecule has 2 aromatic rings. The predicted octanol–water partition coefficient (Wildman–Crippen LogP) is 9.93. The van der Waals surface area contributed by atoms with Crippen LogP contribution in [-0.2, 0) is 29.5 Å². The van der Waals surface area contributed by atoms with Crippen LogP contribution in [0.3, 0.4) is 0 Å². The first-order valence-electron chi connectivity index (χ1n) is 16.9. The van der Waals surface area contributed by atoms with E-state index >= 15 is 0 Å². The van der Waals surface area contributed by atoms with E-state index in [4.69, 9.17) is 34.7 Å². The Bertz CT molecular complexity index is 1270. The van der Waals surface area contributed by atoms with Crippen LogP contribution in [0.4, 0.5) is 0 Å². The summed E-state index contributed by atoms with van der Waals surface area (Å²) in [6.45, 7) is 27.7. The molecule has 9 heteroatoms. The second-order valence-electron chi connectivity index (χ2n) is 15.6. The number of unbranched alkanes of at least 4 members (excludes halogenated alkanes) is 1. The maximum atomic E-state index is 12.8. The second kappa shape index (κ2) is 15.8. The Hall–Kier alpha value is -1.53. The van der Waals surface area contributed by atoms with Crippen molar-refractivity contribution in [2.75, 3.05) is 13.2 Å². The van der Waals surface area contributed by atoms with E-state index < -0.39 is 47.2 Å². The molecule has 0 bridgehead atoms. The molecule has 0 radical (unpaired) electrons. The third-order valence-electron chi connectivity index (χ3n) is 10.0. The lowest BCUT2D eigenvalue weighted by Gasteiger charge is -2.52. The average Bonchev–Trinajstić information content (AvgIpc) is 2.95. The predicted molar refractivity (Wildman–Crippen MR) is 194 cm³/mol. The molecule has 0 N–H and O–H groups in total. The van der Waals surface area contributed by atoms with E-state index in [0.717, 1.165) is 41.6 Å². The van der Waals surface area contributed by atoms with Gasteiger partial charge in [-0.15, -0.1) is 0 Å². The SMILES string of the molecule is CCCCO[C@H]1[C@H](O[Si](C)(C)C(C)(C)C)[C@@H](O[Si](C)(C)C(C)(C)C)[C@H](c2ccc(Cl)c(Cc3ccc(OCC)cc3)c2)O[C@@H]1C=O. The minimum Gasteiger partial charge on any atom is -0.494 e. The first kappa shape index (κ1) is 38.9. The number of aldehydes is 1. The monoisotopic (exact) mass is 690 g/mol. The summed E-state index contributed by atoms with van der Waals surface area (Å²) < 4.78 is 33.4. The highest BCUT2D eigenvalue weighted by Gasteiger charge is 2.54. The molecule has 1 aliphatic heterocycles. The maximum absolute atomic E-state index is 12.8. The number of halogens is 1. The molecule has 1 heterocycles. The van der Waals surface area contributed by atoms with Crippen LogP contribution >= 0.6 is 11.6 Å². The van der Waals surface area contributed by atoms with Gasteiger partial charge in [-0.2, -0.15) is 0 Å². The van der Waals surface area contributed by atoms with E-state index in [2.05, 4.69) is 92.9 Å². The Morgan fingerprint density at radius 3 is 1.96 bits per heavy atom. The quantitative estimate of drug-likeness (QED) is 0.112. The standard InChI is InChI=1S/C37H59ClO6Si2/c1-13-15-22-41-33-31(25-39)42-32(27-18-21-30(38)28(24-27)23-26-16-19-29(20-17-26)40-14-2)34(43-45(9,10)36(3,4)5)35(33)44-46(11,12)37(6,7)8/h16-21,24-25,31-35H,13-15,22-23H2,1-12H3/t31-,32+,33-,34+,35+/m1/s1. The van der Waals surface area contributed by atoms with E-state index in [1.165, 1.54) is 0 Å². The summed E-state index contributed by atoms with van der Waals surface area (Å²) >= 11 is 6.80. The van der Waals surface area contributed by atoms with Crippen molar-refractivity contribution in [1.82, 2.24) is 0 Å². The Kier molecular flexibility index (Phi) is 13.4. The van der Waals surface area contributed by atoms with Gasteiger partial charge in [-0.3, -0.25) is 0 Å². The number of benzene rings is 2. The van der Waals surface area contributed by atoms with Gasteiger partial charge in [0.15, 0.2) is 22.9 Å². The molecule has 0 saturated carbocycles. The Labute approximate surface area is 286 Å². The number of rotatable bonds is 14. The summed E-state index contributed by atoms with van der Waals surface area (Å²) in [6.07, 6.45) is 0.472. The van der Waals surface area contributed by atoms with E-state index in [9.17, 15) is 4.79 Å². The van der Waals surface area contributed by atoms with Crippen molar-refractivity contribution in [2.24, 2.45) is 0 Å².